The Morgan fingerprint density at radius 3 is 2.89 bits per heavy atom. The first-order valence-electron chi connectivity index (χ1n) is 6.24. The lowest BCUT2D eigenvalue weighted by Gasteiger charge is -2.21. The Kier molecular flexibility index (Phi) is 2.02. The summed E-state index contributed by atoms with van der Waals surface area (Å²) in [5, 5.41) is 11.2. The van der Waals surface area contributed by atoms with Gasteiger partial charge in [0.25, 0.3) is 0 Å². The Balaban J connectivity index is 1.67. The minimum Gasteiger partial charge on any atom is -0.397 e. The molecule has 1 aromatic carbocycles. The summed E-state index contributed by atoms with van der Waals surface area (Å²) in [5.41, 5.74) is 8.63. The second-order valence-corrected chi connectivity index (χ2v) is 5.02. The Morgan fingerprint density at radius 2 is 2.11 bits per heavy atom. The Labute approximate surface area is 103 Å². The van der Waals surface area contributed by atoms with Crippen LogP contribution in [0.3, 0.4) is 0 Å². The predicted molar refractivity (Wildman–Crippen MR) is 66.1 cm³/mol. The number of rotatable bonds is 2. The topological polar surface area (TPSA) is 86.2 Å². The molecule has 2 saturated heterocycles. The molecular weight excluding hydrogens is 232 g/mol. The number of hydrogen-bond donors (Lipinski definition) is 2. The van der Waals surface area contributed by atoms with Crippen LogP contribution in [0, 0.1) is 0 Å². The maximum atomic E-state index is 5.83. The number of nitrogens with zero attached hydrogens (tertiary/aromatic N) is 2. The van der Waals surface area contributed by atoms with Crippen LogP contribution in [0.1, 0.15) is 19.3 Å². The van der Waals surface area contributed by atoms with E-state index >= 15 is 0 Å². The number of benzene rings is 1. The van der Waals surface area contributed by atoms with E-state index in [1.165, 1.54) is 6.42 Å². The van der Waals surface area contributed by atoms with E-state index in [0.717, 1.165) is 18.5 Å². The fraction of sp³-hybridized carbons (Fsp3) is 0.500. The summed E-state index contributed by atoms with van der Waals surface area (Å²) >= 11 is 0. The predicted octanol–water partition coefficient (Wildman–Crippen LogP) is 1.54. The molecule has 2 aliphatic heterocycles. The van der Waals surface area contributed by atoms with Crippen LogP contribution in [0.4, 0.5) is 11.4 Å². The zero-order chi connectivity index (χ0) is 12.1. The van der Waals surface area contributed by atoms with E-state index < -0.39 is 0 Å². The van der Waals surface area contributed by atoms with Crippen molar-refractivity contribution >= 4 is 22.4 Å². The molecule has 4 rings (SSSR count). The number of nitrogens with two attached hydrogens (primary N) is 1. The van der Waals surface area contributed by atoms with Crippen molar-refractivity contribution in [3.05, 3.63) is 12.1 Å². The molecule has 0 amide bonds. The number of nitrogen functional groups attached to an aromatic ring is 1. The maximum Gasteiger partial charge on any atom is 0.160 e. The molecule has 0 spiro atoms. The molecule has 2 fully saturated rings. The molecule has 6 nitrogen and oxygen atoms in total. The molecule has 0 radical (unpaired) electrons. The SMILES string of the molecule is Nc1ccc(NC2CC3CCC2O3)c2nonc12. The average Bonchev–Trinajstić information content (AvgIpc) is 3.07. The van der Waals surface area contributed by atoms with Crippen molar-refractivity contribution in [2.24, 2.45) is 0 Å². The molecule has 3 atom stereocenters. The molecule has 2 aliphatic rings. The highest BCUT2D eigenvalue weighted by molar-refractivity contribution is 5.95. The smallest absolute Gasteiger partial charge is 0.160 e. The molecule has 94 valence electrons. The van der Waals surface area contributed by atoms with Crippen LogP contribution in [-0.2, 0) is 4.74 Å². The van der Waals surface area contributed by atoms with Crippen LogP contribution in [0.15, 0.2) is 16.8 Å². The highest BCUT2D eigenvalue weighted by Gasteiger charge is 2.40. The summed E-state index contributed by atoms with van der Waals surface area (Å²) in [6, 6.07) is 4.10. The fourth-order valence-electron chi connectivity index (χ4n) is 2.99. The number of nitrogens with one attached hydrogen (secondary N) is 1. The van der Waals surface area contributed by atoms with Gasteiger partial charge in [-0.2, -0.15) is 0 Å². The fourth-order valence-corrected chi connectivity index (χ4v) is 2.99. The first-order valence-corrected chi connectivity index (χ1v) is 6.24. The van der Waals surface area contributed by atoms with Gasteiger partial charge in [0.05, 0.1) is 29.6 Å². The Hall–Kier alpha value is -1.82. The number of ether oxygens (including phenoxy) is 1. The molecule has 3 unspecified atom stereocenters. The third-order valence-electron chi connectivity index (χ3n) is 3.89. The van der Waals surface area contributed by atoms with Crippen LogP contribution in [-0.4, -0.2) is 28.6 Å². The highest BCUT2D eigenvalue weighted by Crippen LogP contribution is 2.37. The number of hydrogen-bond acceptors (Lipinski definition) is 6. The summed E-state index contributed by atoms with van der Waals surface area (Å²) in [5.74, 6) is 0. The van der Waals surface area contributed by atoms with Crippen molar-refractivity contribution < 1.29 is 9.37 Å². The highest BCUT2D eigenvalue weighted by atomic mass is 16.6. The van der Waals surface area contributed by atoms with Crippen molar-refractivity contribution in [3.63, 3.8) is 0 Å². The van der Waals surface area contributed by atoms with Crippen molar-refractivity contribution in [2.45, 2.75) is 37.5 Å². The molecule has 18 heavy (non-hydrogen) atoms. The number of anilines is 2. The summed E-state index contributed by atoms with van der Waals surface area (Å²) in [7, 11) is 0. The number of aromatic nitrogens is 2. The lowest BCUT2D eigenvalue weighted by molar-refractivity contribution is 0.102. The molecular formula is C12H14N4O2. The van der Waals surface area contributed by atoms with Gasteiger partial charge >= 0.3 is 0 Å². The number of fused-ring (bicyclic) bond motifs is 3. The second kappa shape index (κ2) is 3.58. The van der Waals surface area contributed by atoms with E-state index in [4.69, 9.17) is 15.1 Å². The first kappa shape index (κ1) is 10.1. The molecule has 1 aromatic heterocycles. The lowest BCUT2D eigenvalue weighted by Crippen LogP contribution is -2.30. The molecule has 3 heterocycles. The normalized spacial score (nSPS) is 30.1. The standard InChI is InChI=1S/C12H14N4O2/c13-7-2-3-8(12-11(7)15-18-16-12)14-9-5-6-1-4-10(9)17-6/h2-3,6,9-10,14H,1,4-5,13H2. The molecule has 0 saturated carbocycles. The summed E-state index contributed by atoms with van der Waals surface area (Å²) < 4.78 is 10.6. The van der Waals surface area contributed by atoms with Crippen molar-refractivity contribution in [1.29, 1.82) is 0 Å². The van der Waals surface area contributed by atoms with Crippen LogP contribution in [0.5, 0.6) is 0 Å². The van der Waals surface area contributed by atoms with Crippen LogP contribution >= 0.6 is 0 Å². The van der Waals surface area contributed by atoms with Gasteiger partial charge in [-0.3, -0.25) is 0 Å². The van der Waals surface area contributed by atoms with Gasteiger partial charge in [-0.05, 0) is 41.7 Å². The average molecular weight is 246 g/mol. The van der Waals surface area contributed by atoms with Crippen LogP contribution in [0.25, 0.3) is 11.0 Å². The quantitative estimate of drug-likeness (QED) is 0.782. The minimum absolute atomic E-state index is 0.322. The third-order valence-corrected chi connectivity index (χ3v) is 3.89. The van der Waals surface area contributed by atoms with Crippen molar-refractivity contribution in [1.82, 2.24) is 10.3 Å². The van der Waals surface area contributed by atoms with E-state index in [-0.39, 0.29) is 0 Å². The molecule has 0 aliphatic carbocycles. The second-order valence-electron chi connectivity index (χ2n) is 5.02. The van der Waals surface area contributed by atoms with E-state index in [2.05, 4.69) is 15.6 Å². The minimum atomic E-state index is 0.322. The van der Waals surface area contributed by atoms with Gasteiger partial charge in [-0.1, -0.05) is 0 Å². The summed E-state index contributed by atoms with van der Waals surface area (Å²) in [6.07, 6.45) is 4.12. The van der Waals surface area contributed by atoms with Crippen LogP contribution in [0.2, 0.25) is 0 Å². The third kappa shape index (κ3) is 1.38. The van der Waals surface area contributed by atoms with E-state index in [0.29, 0.717) is 35.0 Å². The summed E-state index contributed by atoms with van der Waals surface area (Å²) in [6.45, 7) is 0. The molecule has 6 heteroatoms. The van der Waals surface area contributed by atoms with Gasteiger partial charge in [-0.15, -0.1) is 0 Å². The summed E-state index contributed by atoms with van der Waals surface area (Å²) in [4.78, 5) is 0. The van der Waals surface area contributed by atoms with Gasteiger partial charge in [0, 0.05) is 0 Å². The monoisotopic (exact) mass is 246 g/mol. The molecule has 2 aromatic rings. The van der Waals surface area contributed by atoms with Crippen molar-refractivity contribution in [3.8, 4) is 0 Å². The first-order chi connectivity index (χ1) is 8.81. The maximum absolute atomic E-state index is 5.83. The van der Waals surface area contributed by atoms with Gasteiger partial charge in [0.1, 0.15) is 0 Å². The lowest BCUT2D eigenvalue weighted by atomic mass is 9.95. The zero-order valence-corrected chi connectivity index (χ0v) is 9.80. The van der Waals surface area contributed by atoms with Gasteiger partial charge in [-0.25, -0.2) is 4.63 Å². The van der Waals surface area contributed by atoms with Crippen molar-refractivity contribution in [2.75, 3.05) is 11.1 Å². The van der Waals surface area contributed by atoms with E-state index in [9.17, 15) is 0 Å². The Morgan fingerprint density at radius 1 is 1.22 bits per heavy atom. The zero-order valence-electron chi connectivity index (χ0n) is 9.80. The Bertz CT molecular complexity index is 597. The van der Waals surface area contributed by atoms with E-state index in [1.807, 2.05) is 12.1 Å². The van der Waals surface area contributed by atoms with Crippen LogP contribution < -0.4 is 11.1 Å². The van der Waals surface area contributed by atoms with Gasteiger partial charge < -0.3 is 15.8 Å². The van der Waals surface area contributed by atoms with E-state index in [1.54, 1.807) is 0 Å². The van der Waals surface area contributed by atoms with Gasteiger partial charge in [0.2, 0.25) is 0 Å². The largest absolute Gasteiger partial charge is 0.397 e. The molecule has 2 bridgehead atoms. The molecule has 3 N–H and O–H groups in total. The van der Waals surface area contributed by atoms with Gasteiger partial charge in [0.15, 0.2) is 11.0 Å².